The number of non-ortho nitro benzene ring substituents is 1. The lowest BCUT2D eigenvalue weighted by Crippen LogP contribution is -2.44. The highest BCUT2D eigenvalue weighted by molar-refractivity contribution is 7.80. The highest BCUT2D eigenvalue weighted by Crippen LogP contribution is 2.33. The van der Waals surface area contributed by atoms with E-state index in [1.54, 1.807) is 19.2 Å². The topological polar surface area (TPSA) is 72.6 Å². The van der Waals surface area contributed by atoms with Crippen LogP contribution in [0.4, 0.5) is 11.4 Å². The summed E-state index contributed by atoms with van der Waals surface area (Å²) in [4.78, 5) is 12.6. The van der Waals surface area contributed by atoms with E-state index in [-0.39, 0.29) is 11.7 Å². The summed E-state index contributed by atoms with van der Waals surface area (Å²) < 4.78 is 7.52. The van der Waals surface area contributed by atoms with Gasteiger partial charge >= 0.3 is 0 Å². The number of rotatable bonds is 4. The van der Waals surface area contributed by atoms with Crippen molar-refractivity contribution >= 4 is 28.7 Å². The van der Waals surface area contributed by atoms with Gasteiger partial charge in [-0.25, -0.2) is 0 Å². The Morgan fingerprint density at radius 3 is 2.52 bits per heavy atom. The van der Waals surface area contributed by atoms with Gasteiger partial charge in [0.25, 0.3) is 5.69 Å². The van der Waals surface area contributed by atoms with Gasteiger partial charge in [0, 0.05) is 42.8 Å². The van der Waals surface area contributed by atoms with Gasteiger partial charge in [-0.05, 0) is 54.2 Å². The molecule has 1 aliphatic rings. The first-order valence-electron chi connectivity index (χ1n) is 9.18. The van der Waals surface area contributed by atoms with Crippen molar-refractivity contribution in [3.05, 3.63) is 88.2 Å². The first-order chi connectivity index (χ1) is 14.1. The molecular formula is C21H20N4O3S. The number of nitrogens with one attached hydrogen (secondary N) is 1. The molecule has 2 aromatic carbocycles. The normalized spacial score (nSPS) is 15.5. The van der Waals surface area contributed by atoms with Crippen molar-refractivity contribution in [2.24, 2.45) is 0 Å². The van der Waals surface area contributed by atoms with E-state index in [9.17, 15) is 10.1 Å². The average Bonchev–Trinajstić information content (AvgIpc) is 3.22. The molecule has 3 aromatic rings. The van der Waals surface area contributed by atoms with Crippen LogP contribution in [0.25, 0.3) is 0 Å². The predicted molar refractivity (Wildman–Crippen MR) is 115 cm³/mol. The number of nitrogens with zero attached hydrogens (tertiary/aromatic N) is 3. The Labute approximate surface area is 173 Å². The van der Waals surface area contributed by atoms with E-state index in [1.165, 1.54) is 12.1 Å². The first-order valence-corrected chi connectivity index (χ1v) is 9.58. The molecule has 7 nitrogen and oxygen atoms in total. The molecule has 0 bridgehead atoms. The van der Waals surface area contributed by atoms with Gasteiger partial charge in [0.1, 0.15) is 5.75 Å². The van der Waals surface area contributed by atoms with E-state index in [2.05, 4.69) is 27.0 Å². The second-order valence-corrected chi connectivity index (χ2v) is 7.12. The molecule has 8 heteroatoms. The number of nitro groups is 1. The molecule has 0 aliphatic carbocycles. The van der Waals surface area contributed by atoms with Gasteiger partial charge in [-0.3, -0.25) is 10.1 Å². The number of nitro benzene ring substituents is 1. The molecular weight excluding hydrogens is 388 g/mol. The Balaban J connectivity index is 1.61. The minimum Gasteiger partial charge on any atom is -0.497 e. The predicted octanol–water partition coefficient (Wildman–Crippen LogP) is 4.21. The average molecular weight is 408 g/mol. The van der Waals surface area contributed by atoms with Crippen molar-refractivity contribution in [1.82, 2.24) is 9.47 Å². The molecule has 1 aliphatic heterocycles. The van der Waals surface area contributed by atoms with E-state index in [4.69, 9.17) is 17.0 Å². The minimum absolute atomic E-state index is 0.0392. The van der Waals surface area contributed by atoms with Crippen LogP contribution in [0.3, 0.4) is 0 Å². The van der Waals surface area contributed by atoms with Crippen LogP contribution in [-0.4, -0.2) is 33.2 Å². The van der Waals surface area contributed by atoms with Crippen molar-refractivity contribution in [3.8, 4) is 5.75 Å². The van der Waals surface area contributed by atoms with E-state index in [0.717, 1.165) is 35.8 Å². The van der Waals surface area contributed by atoms with Crippen molar-refractivity contribution < 1.29 is 9.66 Å². The lowest BCUT2D eigenvalue weighted by atomic mass is 10.00. The van der Waals surface area contributed by atoms with Crippen LogP contribution >= 0.6 is 12.2 Å². The van der Waals surface area contributed by atoms with Crippen molar-refractivity contribution in [3.63, 3.8) is 0 Å². The van der Waals surface area contributed by atoms with Crippen LogP contribution in [0.1, 0.15) is 17.3 Å². The third kappa shape index (κ3) is 3.79. The van der Waals surface area contributed by atoms with Crippen LogP contribution < -0.4 is 10.1 Å². The number of aromatic nitrogens is 1. The van der Waals surface area contributed by atoms with E-state index in [1.807, 2.05) is 30.3 Å². The molecule has 0 saturated carbocycles. The molecule has 29 heavy (non-hydrogen) atoms. The number of anilines is 1. The SMILES string of the molecule is COc1ccc(C2c3cccn3CCN2C(=S)Nc2ccc([N+](=O)[O-])cc2)cc1. The Morgan fingerprint density at radius 2 is 1.86 bits per heavy atom. The minimum atomic E-state index is -0.416. The van der Waals surface area contributed by atoms with Gasteiger partial charge in [0.15, 0.2) is 5.11 Å². The highest BCUT2D eigenvalue weighted by Gasteiger charge is 2.30. The summed E-state index contributed by atoms with van der Waals surface area (Å²) >= 11 is 5.72. The number of benzene rings is 2. The van der Waals surface area contributed by atoms with Crippen LogP contribution in [0.5, 0.6) is 5.75 Å². The molecule has 1 unspecified atom stereocenters. The summed E-state index contributed by atoms with van der Waals surface area (Å²) in [5.41, 5.74) is 3.04. The molecule has 1 atom stereocenters. The molecule has 1 N–H and O–H groups in total. The van der Waals surface area contributed by atoms with E-state index in [0.29, 0.717) is 5.11 Å². The lowest BCUT2D eigenvalue weighted by molar-refractivity contribution is -0.384. The van der Waals surface area contributed by atoms with Gasteiger partial charge in [-0.2, -0.15) is 0 Å². The molecule has 148 valence electrons. The zero-order chi connectivity index (χ0) is 20.4. The van der Waals surface area contributed by atoms with Gasteiger partial charge in [-0.1, -0.05) is 12.1 Å². The van der Waals surface area contributed by atoms with Gasteiger partial charge in [0.05, 0.1) is 18.1 Å². The standard InChI is InChI=1S/C21H20N4O3S/c1-28-18-10-4-15(5-11-18)20-19-3-2-12-23(19)13-14-24(20)21(29)22-16-6-8-17(9-7-16)25(26)27/h2-12,20H,13-14H2,1H3,(H,22,29). The number of fused-ring (bicyclic) bond motifs is 1. The smallest absolute Gasteiger partial charge is 0.269 e. The van der Waals surface area contributed by atoms with Crippen molar-refractivity contribution in [1.29, 1.82) is 0 Å². The number of thiocarbonyl (C=S) groups is 1. The molecule has 0 spiro atoms. The number of hydrogen-bond donors (Lipinski definition) is 1. The summed E-state index contributed by atoms with van der Waals surface area (Å²) in [7, 11) is 1.65. The maximum atomic E-state index is 10.9. The second-order valence-electron chi connectivity index (χ2n) is 6.73. The van der Waals surface area contributed by atoms with E-state index < -0.39 is 4.92 Å². The van der Waals surface area contributed by atoms with Crippen LogP contribution in [0, 0.1) is 10.1 Å². The molecule has 0 saturated heterocycles. The summed E-state index contributed by atoms with van der Waals surface area (Å²) in [5.74, 6) is 0.804. The molecule has 2 heterocycles. The number of methoxy groups -OCH3 is 1. The Bertz CT molecular complexity index is 1030. The Hall–Kier alpha value is -3.39. The van der Waals surface area contributed by atoms with Gasteiger partial charge < -0.3 is 19.5 Å². The van der Waals surface area contributed by atoms with Gasteiger partial charge in [0.2, 0.25) is 0 Å². The van der Waals surface area contributed by atoms with Crippen LogP contribution in [0.2, 0.25) is 0 Å². The maximum absolute atomic E-state index is 10.9. The molecule has 4 rings (SSSR count). The van der Waals surface area contributed by atoms with Crippen molar-refractivity contribution in [2.75, 3.05) is 19.0 Å². The van der Waals surface area contributed by atoms with Gasteiger partial charge in [-0.15, -0.1) is 0 Å². The maximum Gasteiger partial charge on any atom is 0.269 e. The Kier molecular flexibility index (Phi) is 5.18. The second kappa shape index (κ2) is 7.92. The zero-order valence-electron chi connectivity index (χ0n) is 15.8. The van der Waals surface area contributed by atoms with Crippen LogP contribution in [-0.2, 0) is 6.54 Å². The quantitative estimate of drug-likeness (QED) is 0.396. The largest absolute Gasteiger partial charge is 0.497 e. The lowest BCUT2D eigenvalue weighted by Gasteiger charge is -2.39. The monoisotopic (exact) mass is 408 g/mol. The highest BCUT2D eigenvalue weighted by atomic mass is 32.1. The summed E-state index contributed by atoms with van der Waals surface area (Å²) in [5, 5.41) is 14.7. The van der Waals surface area contributed by atoms with E-state index >= 15 is 0 Å². The first kappa shape index (κ1) is 18.9. The molecule has 1 aromatic heterocycles. The summed E-state index contributed by atoms with van der Waals surface area (Å²) in [6.07, 6.45) is 2.08. The third-order valence-electron chi connectivity index (χ3n) is 5.06. The molecule has 0 amide bonds. The zero-order valence-corrected chi connectivity index (χ0v) is 16.6. The summed E-state index contributed by atoms with van der Waals surface area (Å²) in [6.45, 7) is 1.58. The fourth-order valence-corrected chi connectivity index (χ4v) is 3.92. The van der Waals surface area contributed by atoms with Crippen LogP contribution in [0.15, 0.2) is 66.9 Å². The third-order valence-corrected chi connectivity index (χ3v) is 5.40. The summed E-state index contributed by atoms with van der Waals surface area (Å²) in [6, 6.07) is 18.4. The van der Waals surface area contributed by atoms with Crippen molar-refractivity contribution in [2.45, 2.75) is 12.6 Å². The molecule has 0 fully saturated rings. The number of ether oxygens (including phenoxy) is 1. The molecule has 0 radical (unpaired) electrons. The Morgan fingerprint density at radius 1 is 1.14 bits per heavy atom. The fraction of sp³-hybridized carbons (Fsp3) is 0.190. The number of hydrogen-bond acceptors (Lipinski definition) is 4. The fourth-order valence-electron chi connectivity index (χ4n) is 3.60.